The van der Waals surface area contributed by atoms with Gasteiger partial charge in [0.2, 0.25) is 11.8 Å². The molecular formula is C20H27N5O4. The largest absolute Gasteiger partial charge is 0.379 e. The van der Waals surface area contributed by atoms with Crippen LogP contribution in [-0.4, -0.2) is 60.8 Å². The van der Waals surface area contributed by atoms with Crippen molar-refractivity contribution >= 4 is 29.0 Å². The monoisotopic (exact) mass is 401 g/mol. The van der Waals surface area contributed by atoms with Gasteiger partial charge in [-0.25, -0.2) is 0 Å². The van der Waals surface area contributed by atoms with Crippen LogP contribution in [0.4, 0.5) is 17.2 Å². The van der Waals surface area contributed by atoms with Gasteiger partial charge in [-0.2, -0.15) is 0 Å². The van der Waals surface area contributed by atoms with E-state index in [1.54, 1.807) is 13.0 Å². The number of carbonyl (C=O) groups is 2. The molecular weight excluding hydrogens is 374 g/mol. The summed E-state index contributed by atoms with van der Waals surface area (Å²) in [6.07, 6.45) is 0.598. The van der Waals surface area contributed by atoms with Gasteiger partial charge in [-0.3, -0.25) is 14.5 Å². The van der Waals surface area contributed by atoms with E-state index in [2.05, 4.69) is 26.0 Å². The molecule has 0 spiro atoms. The molecule has 1 atom stereocenters. The standard InChI is InChI=1S/C20H27N5O4/c1-3-17(20(27)23-18-12-14(2)29-24-18)21-15-4-6-16(7-5-15)22-19(26)13-25-8-10-28-11-9-25/h4-7,12,17,21H,3,8-11,13H2,1-2H3,(H,22,26)(H,23,24,27). The maximum Gasteiger partial charge on any atom is 0.248 e. The lowest BCUT2D eigenvalue weighted by Gasteiger charge is -2.25. The van der Waals surface area contributed by atoms with Crippen molar-refractivity contribution in [2.45, 2.75) is 26.3 Å². The highest BCUT2D eigenvalue weighted by Crippen LogP contribution is 2.16. The molecule has 0 aliphatic carbocycles. The first kappa shape index (κ1) is 20.8. The van der Waals surface area contributed by atoms with Gasteiger partial charge in [-0.05, 0) is 37.6 Å². The molecule has 1 fully saturated rings. The Morgan fingerprint density at radius 3 is 2.45 bits per heavy atom. The maximum atomic E-state index is 12.4. The number of aromatic nitrogens is 1. The minimum Gasteiger partial charge on any atom is -0.379 e. The Bertz CT molecular complexity index is 815. The van der Waals surface area contributed by atoms with Crippen LogP contribution < -0.4 is 16.0 Å². The Balaban J connectivity index is 1.50. The molecule has 156 valence electrons. The fourth-order valence-corrected chi connectivity index (χ4v) is 3.01. The molecule has 0 saturated carbocycles. The van der Waals surface area contributed by atoms with Crippen LogP contribution in [0, 0.1) is 6.92 Å². The van der Waals surface area contributed by atoms with Crippen molar-refractivity contribution in [1.82, 2.24) is 10.1 Å². The van der Waals surface area contributed by atoms with E-state index in [0.29, 0.717) is 43.4 Å². The Labute approximate surface area is 169 Å². The highest BCUT2D eigenvalue weighted by Gasteiger charge is 2.18. The summed E-state index contributed by atoms with van der Waals surface area (Å²) in [5.41, 5.74) is 1.50. The van der Waals surface area contributed by atoms with Crippen LogP contribution in [0.5, 0.6) is 0 Å². The summed E-state index contributed by atoms with van der Waals surface area (Å²) < 4.78 is 10.2. The van der Waals surface area contributed by atoms with E-state index in [9.17, 15) is 9.59 Å². The van der Waals surface area contributed by atoms with Gasteiger partial charge in [0.25, 0.3) is 0 Å². The average molecular weight is 401 g/mol. The zero-order valence-corrected chi connectivity index (χ0v) is 16.7. The van der Waals surface area contributed by atoms with E-state index in [1.807, 2.05) is 31.2 Å². The Hall–Kier alpha value is -2.91. The first-order valence-electron chi connectivity index (χ1n) is 9.74. The van der Waals surface area contributed by atoms with Crippen molar-refractivity contribution < 1.29 is 18.8 Å². The fourth-order valence-electron chi connectivity index (χ4n) is 3.01. The minimum atomic E-state index is -0.422. The average Bonchev–Trinajstić information content (AvgIpc) is 3.12. The summed E-state index contributed by atoms with van der Waals surface area (Å²) in [6.45, 7) is 6.90. The van der Waals surface area contributed by atoms with Crippen LogP contribution in [0.3, 0.4) is 0 Å². The number of nitrogens with zero attached hydrogens (tertiary/aromatic N) is 2. The van der Waals surface area contributed by atoms with E-state index in [1.165, 1.54) is 0 Å². The fraction of sp³-hybridized carbons (Fsp3) is 0.450. The molecule has 1 saturated heterocycles. The van der Waals surface area contributed by atoms with Crippen LogP contribution in [0.1, 0.15) is 19.1 Å². The summed E-state index contributed by atoms with van der Waals surface area (Å²) in [7, 11) is 0. The number of aryl methyl sites for hydroxylation is 1. The van der Waals surface area contributed by atoms with Crippen molar-refractivity contribution in [1.29, 1.82) is 0 Å². The molecule has 0 radical (unpaired) electrons. The van der Waals surface area contributed by atoms with Crippen LogP contribution >= 0.6 is 0 Å². The molecule has 0 bridgehead atoms. The number of morpholine rings is 1. The number of ether oxygens (including phenoxy) is 1. The Morgan fingerprint density at radius 1 is 1.14 bits per heavy atom. The predicted octanol–water partition coefficient (Wildman–Crippen LogP) is 2.08. The van der Waals surface area contributed by atoms with Gasteiger partial charge < -0.3 is 25.2 Å². The second-order valence-electron chi connectivity index (χ2n) is 6.93. The smallest absolute Gasteiger partial charge is 0.248 e. The van der Waals surface area contributed by atoms with Gasteiger partial charge in [0, 0.05) is 30.5 Å². The zero-order valence-electron chi connectivity index (χ0n) is 16.7. The number of anilines is 3. The maximum absolute atomic E-state index is 12.4. The molecule has 3 rings (SSSR count). The summed E-state index contributed by atoms with van der Waals surface area (Å²) >= 11 is 0. The second-order valence-corrected chi connectivity index (χ2v) is 6.93. The van der Waals surface area contributed by atoms with Crippen molar-refractivity contribution in [3.63, 3.8) is 0 Å². The highest BCUT2D eigenvalue weighted by molar-refractivity contribution is 5.96. The minimum absolute atomic E-state index is 0.0543. The van der Waals surface area contributed by atoms with E-state index >= 15 is 0 Å². The van der Waals surface area contributed by atoms with Gasteiger partial charge in [0.1, 0.15) is 11.8 Å². The van der Waals surface area contributed by atoms with Gasteiger partial charge >= 0.3 is 0 Å². The van der Waals surface area contributed by atoms with E-state index in [-0.39, 0.29) is 11.8 Å². The lowest BCUT2D eigenvalue weighted by molar-refractivity contribution is -0.118. The van der Waals surface area contributed by atoms with Crippen molar-refractivity contribution in [3.05, 3.63) is 36.1 Å². The first-order chi connectivity index (χ1) is 14.0. The molecule has 2 aromatic rings. The molecule has 29 heavy (non-hydrogen) atoms. The third kappa shape index (κ3) is 6.30. The van der Waals surface area contributed by atoms with Gasteiger partial charge in [0.05, 0.1) is 19.8 Å². The van der Waals surface area contributed by atoms with Crippen LogP contribution in [0.2, 0.25) is 0 Å². The molecule has 1 aliphatic rings. The normalized spacial score (nSPS) is 15.5. The third-order valence-electron chi connectivity index (χ3n) is 4.58. The van der Waals surface area contributed by atoms with Crippen molar-refractivity contribution in [3.8, 4) is 0 Å². The summed E-state index contributed by atoms with van der Waals surface area (Å²) in [5.74, 6) is 0.781. The number of rotatable bonds is 8. The number of benzene rings is 1. The number of nitrogens with one attached hydrogen (secondary N) is 3. The Kier molecular flexibility index (Phi) is 7.20. The SMILES string of the molecule is CCC(Nc1ccc(NC(=O)CN2CCOCC2)cc1)C(=O)Nc1cc(C)on1. The number of hydrogen-bond acceptors (Lipinski definition) is 7. The molecule has 2 amide bonds. The van der Waals surface area contributed by atoms with E-state index in [0.717, 1.165) is 18.8 Å². The predicted molar refractivity (Wildman–Crippen MR) is 110 cm³/mol. The second kappa shape index (κ2) is 10.0. The highest BCUT2D eigenvalue weighted by atomic mass is 16.5. The molecule has 1 aromatic carbocycles. The quantitative estimate of drug-likeness (QED) is 0.621. The lowest BCUT2D eigenvalue weighted by Crippen LogP contribution is -2.41. The molecule has 1 aromatic heterocycles. The van der Waals surface area contributed by atoms with Crippen LogP contribution in [0.15, 0.2) is 34.9 Å². The molecule has 1 unspecified atom stereocenters. The van der Waals surface area contributed by atoms with E-state index < -0.39 is 6.04 Å². The van der Waals surface area contributed by atoms with Gasteiger partial charge in [-0.15, -0.1) is 0 Å². The molecule has 3 N–H and O–H groups in total. The molecule has 9 heteroatoms. The van der Waals surface area contributed by atoms with Gasteiger partial charge in [0.15, 0.2) is 5.82 Å². The summed E-state index contributed by atoms with van der Waals surface area (Å²) in [5, 5.41) is 12.6. The first-order valence-corrected chi connectivity index (χ1v) is 9.74. The van der Waals surface area contributed by atoms with Crippen molar-refractivity contribution in [2.75, 3.05) is 48.8 Å². The summed E-state index contributed by atoms with van der Waals surface area (Å²) in [4.78, 5) is 26.7. The molecule has 1 aliphatic heterocycles. The summed E-state index contributed by atoms with van der Waals surface area (Å²) in [6, 6.07) is 8.53. The topological polar surface area (TPSA) is 109 Å². The van der Waals surface area contributed by atoms with E-state index in [4.69, 9.17) is 9.26 Å². The van der Waals surface area contributed by atoms with Crippen molar-refractivity contribution in [2.24, 2.45) is 0 Å². The van der Waals surface area contributed by atoms with Crippen LogP contribution in [-0.2, 0) is 14.3 Å². The number of carbonyl (C=O) groups excluding carboxylic acids is 2. The zero-order chi connectivity index (χ0) is 20.6. The van der Waals surface area contributed by atoms with Gasteiger partial charge in [-0.1, -0.05) is 12.1 Å². The molecule has 2 heterocycles. The third-order valence-corrected chi connectivity index (χ3v) is 4.58. The lowest BCUT2D eigenvalue weighted by atomic mass is 10.2. The molecule has 9 nitrogen and oxygen atoms in total. The van der Waals surface area contributed by atoms with Crippen LogP contribution in [0.25, 0.3) is 0 Å². The Morgan fingerprint density at radius 2 is 1.83 bits per heavy atom. The number of hydrogen-bond donors (Lipinski definition) is 3. The number of amides is 2.